The summed E-state index contributed by atoms with van der Waals surface area (Å²) in [5.41, 5.74) is 1.49. The van der Waals surface area contributed by atoms with Gasteiger partial charge in [-0.1, -0.05) is 69.2 Å². The lowest BCUT2D eigenvalue weighted by Gasteiger charge is -2.34. The van der Waals surface area contributed by atoms with Crippen molar-refractivity contribution in [1.29, 1.82) is 0 Å². The van der Waals surface area contributed by atoms with Crippen LogP contribution in [-0.4, -0.2) is 25.8 Å². The summed E-state index contributed by atoms with van der Waals surface area (Å²) in [5.74, 6) is 0.807. The molecule has 1 aromatic rings. The van der Waals surface area contributed by atoms with Gasteiger partial charge in [-0.05, 0) is 35.8 Å². The van der Waals surface area contributed by atoms with Crippen LogP contribution in [-0.2, 0) is 11.2 Å². The van der Waals surface area contributed by atoms with Crippen LogP contribution in [0.5, 0.6) is 5.75 Å². The van der Waals surface area contributed by atoms with E-state index in [-0.39, 0.29) is 10.8 Å². The molecular formula is C22H45NO2. The third-order valence-electron chi connectivity index (χ3n) is 3.19. The Kier molecular flexibility index (Phi) is 18.8. The lowest BCUT2D eigenvalue weighted by Crippen LogP contribution is -2.28. The Hall–Kier alpha value is -1.09. The molecule has 0 aliphatic heterocycles. The highest BCUT2D eigenvalue weighted by atomic mass is 16.5. The highest BCUT2D eigenvalue weighted by Crippen LogP contribution is 2.36. The molecule has 0 aromatic carbocycles. The van der Waals surface area contributed by atoms with Crippen LogP contribution in [0.3, 0.4) is 0 Å². The molecule has 25 heavy (non-hydrogen) atoms. The van der Waals surface area contributed by atoms with E-state index in [4.69, 9.17) is 9.47 Å². The minimum Gasteiger partial charge on any atom is -0.495 e. The van der Waals surface area contributed by atoms with Crippen molar-refractivity contribution in [3.8, 4) is 5.75 Å². The zero-order valence-corrected chi connectivity index (χ0v) is 19.1. The van der Waals surface area contributed by atoms with Crippen LogP contribution in [0.2, 0.25) is 0 Å². The number of pyridine rings is 1. The maximum absolute atomic E-state index is 5.30. The van der Waals surface area contributed by atoms with Crippen LogP contribution in [0, 0.1) is 10.8 Å². The number of ether oxygens (including phenoxy) is 2. The first-order valence-corrected chi connectivity index (χ1v) is 9.76. The number of hydrogen-bond acceptors (Lipinski definition) is 3. The molecule has 0 saturated carbocycles. The molecule has 0 spiro atoms. The van der Waals surface area contributed by atoms with Gasteiger partial charge in [0, 0.05) is 12.8 Å². The number of methoxy groups -OCH3 is 2. The molecule has 3 heteroatoms. The van der Waals surface area contributed by atoms with E-state index in [2.05, 4.69) is 32.7 Å². The summed E-state index contributed by atoms with van der Waals surface area (Å²) in [6.07, 6.45) is 3.84. The van der Waals surface area contributed by atoms with Crippen molar-refractivity contribution < 1.29 is 9.47 Å². The van der Waals surface area contributed by atoms with Gasteiger partial charge in [0.1, 0.15) is 5.75 Å². The molecule has 0 aliphatic rings. The van der Waals surface area contributed by atoms with E-state index in [0.29, 0.717) is 0 Å². The molecule has 0 bridgehead atoms. The van der Waals surface area contributed by atoms with E-state index >= 15 is 0 Å². The Morgan fingerprint density at radius 3 is 1.72 bits per heavy atom. The lowest BCUT2D eigenvalue weighted by molar-refractivity contribution is 0.0674. The van der Waals surface area contributed by atoms with Crippen molar-refractivity contribution in [1.82, 2.24) is 4.98 Å². The Morgan fingerprint density at radius 1 is 0.840 bits per heavy atom. The number of nitrogens with zero attached hydrogens (tertiary/aromatic N) is 1. The first kappa shape index (κ1) is 28.7. The summed E-state index contributed by atoms with van der Waals surface area (Å²) in [4.78, 5) is 4.45. The fourth-order valence-electron chi connectivity index (χ4n) is 2.93. The molecule has 3 nitrogen and oxygen atoms in total. The smallest absolute Gasteiger partial charge is 0.137 e. The Bertz CT molecular complexity index is 384. The highest BCUT2D eigenvalue weighted by molar-refractivity contribution is 5.20. The van der Waals surface area contributed by atoms with Crippen molar-refractivity contribution in [3.63, 3.8) is 0 Å². The van der Waals surface area contributed by atoms with Gasteiger partial charge in [0.05, 0.1) is 19.9 Å². The molecule has 0 radical (unpaired) electrons. The molecule has 0 atom stereocenters. The van der Waals surface area contributed by atoms with Gasteiger partial charge in [-0.15, -0.1) is 0 Å². The molecule has 1 aromatic heterocycles. The minimum atomic E-state index is 0.185. The highest BCUT2D eigenvalue weighted by Gasteiger charge is 2.29. The summed E-state index contributed by atoms with van der Waals surface area (Å²) in [6, 6.07) is 4.02. The zero-order chi connectivity index (χ0) is 20.5. The molecule has 150 valence electrons. The Morgan fingerprint density at radius 2 is 1.36 bits per heavy atom. The molecule has 0 fully saturated rings. The second-order valence-corrected chi connectivity index (χ2v) is 6.80. The van der Waals surface area contributed by atoms with Gasteiger partial charge < -0.3 is 9.47 Å². The van der Waals surface area contributed by atoms with E-state index in [1.165, 1.54) is 0 Å². The van der Waals surface area contributed by atoms with Gasteiger partial charge in [-0.25, -0.2) is 0 Å². The third-order valence-corrected chi connectivity index (χ3v) is 3.19. The fourth-order valence-corrected chi connectivity index (χ4v) is 2.93. The normalized spacial score (nSPS) is 10.2. The van der Waals surface area contributed by atoms with E-state index < -0.39 is 0 Å². The maximum atomic E-state index is 5.30. The number of aromatic nitrogens is 1. The van der Waals surface area contributed by atoms with Crippen molar-refractivity contribution in [2.24, 2.45) is 10.8 Å². The first-order chi connectivity index (χ1) is 11.8. The molecule has 1 rings (SSSR count). The zero-order valence-electron chi connectivity index (χ0n) is 19.1. The second kappa shape index (κ2) is 16.4. The van der Waals surface area contributed by atoms with Crippen molar-refractivity contribution >= 4 is 0 Å². The van der Waals surface area contributed by atoms with Gasteiger partial charge in [-0.2, -0.15) is 0 Å². The van der Waals surface area contributed by atoms with Gasteiger partial charge >= 0.3 is 0 Å². The molecule has 0 aliphatic carbocycles. The van der Waals surface area contributed by atoms with Gasteiger partial charge in [0.15, 0.2) is 0 Å². The van der Waals surface area contributed by atoms with Crippen LogP contribution in [0.1, 0.15) is 81.4 Å². The van der Waals surface area contributed by atoms with Crippen LogP contribution in [0.4, 0.5) is 0 Å². The summed E-state index contributed by atoms with van der Waals surface area (Å²) in [7, 11) is 3.42. The summed E-state index contributed by atoms with van der Waals surface area (Å²) in [5, 5.41) is 0. The van der Waals surface area contributed by atoms with Crippen molar-refractivity contribution in [3.05, 3.63) is 24.0 Å². The number of rotatable bonds is 7. The molecule has 0 N–H and O–H groups in total. The Labute approximate surface area is 158 Å². The molecule has 0 saturated heterocycles. The van der Waals surface area contributed by atoms with Crippen molar-refractivity contribution in [2.75, 3.05) is 20.8 Å². The average Bonchev–Trinajstić information content (AvgIpc) is 2.59. The standard InChI is InChI=1S/C16H27NO2.3C2H6/c1-15(2,11-16(3,4)12-18-5)9-13-7-8-14(19-6)10-17-13;3*1-2/h7-8,10H,9,11-12H2,1-6H3;3*1-2H3. The minimum absolute atomic E-state index is 0.185. The quantitative estimate of drug-likeness (QED) is 0.539. The molecular weight excluding hydrogens is 310 g/mol. The summed E-state index contributed by atoms with van der Waals surface area (Å²) in [6.45, 7) is 21.9. The third kappa shape index (κ3) is 14.9. The molecule has 0 amide bonds. The lowest BCUT2D eigenvalue weighted by atomic mass is 9.73. The molecule has 1 heterocycles. The maximum Gasteiger partial charge on any atom is 0.137 e. The predicted octanol–water partition coefficient (Wildman–Crippen LogP) is 6.80. The van der Waals surface area contributed by atoms with Gasteiger partial charge in [0.25, 0.3) is 0 Å². The SMILES string of the molecule is CC.CC.CC.COCC(C)(C)CC(C)(C)Cc1ccc(OC)cn1. The predicted molar refractivity (Wildman–Crippen MR) is 113 cm³/mol. The molecule has 0 unspecified atom stereocenters. The average molecular weight is 356 g/mol. The van der Waals surface area contributed by atoms with E-state index in [1.807, 2.05) is 53.7 Å². The van der Waals surface area contributed by atoms with Gasteiger partial charge in [-0.3, -0.25) is 4.98 Å². The van der Waals surface area contributed by atoms with E-state index in [9.17, 15) is 0 Å². The van der Waals surface area contributed by atoms with Crippen molar-refractivity contribution in [2.45, 2.75) is 82.1 Å². The fraction of sp³-hybridized carbons (Fsp3) is 0.773. The summed E-state index contributed by atoms with van der Waals surface area (Å²) < 4.78 is 10.4. The van der Waals surface area contributed by atoms with Crippen LogP contribution < -0.4 is 4.74 Å². The van der Waals surface area contributed by atoms with Crippen LogP contribution >= 0.6 is 0 Å². The van der Waals surface area contributed by atoms with Crippen LogP contribution in [0.25, 0.3) is 0 Å². The largest absolute Gasteiger partial charge is 0.495 e. The topological polar surface area (TPSA) is 31.4 Å². The monoisotopic (exact) mass is 355 g/mol. The van der Waals surface area contributed by atoms with Gasteiger partial charge in [0.2, 0.25) is 0 Å². The second-order valence-electron chi connectivity index (χ2n) is 6.80. The van der Waals surface area contributed by atoms with E-state index in [1.54, 1.807) is 20.4 Å². The van der Waals surface area contributed by atoms with Crippen LogP contribution in [0.15, 0.2) is 18.3 Å². The summed E-state index contributed by atoms with van der Waals surface area (Å²) >= 11 is 0. The van der Waals surface area contributed by atoms with E-state index in [0.717, 1.165) is 30.9 Å². The first-order valence-electron chi connectivity index (χ1n) is 9.76. The number of hydrogen-bond donors (Lipinski definition) is 0. The Balaban J connectivity index is -0.000000725.